The van der Waals surface area contributed by atoms with E-state index in [-0.39, 0.29) is 24.4 Å². The van der Waals surface area contributed by atoms with E-state index in [2.05, 4.69) is 10.6 Å². The van der Waals surface area contributed by atoms with Gasteiger partial charge in [0, 0.05) is 24.5 Å². The summed E-state index contributed by atoms with van der Waals surface area (Å²) in [6, 6.07) is 8.22. The molecule has 2 aromatic rings. The lowest BCUT2D eigenvalue weighted by Crippen LogP contribution is -2.49. The van der Waals surface area contributed by atoms with Gasteiger partial charge in [-0.1, -0.05) is 12.1 Å². The molecule has 2 heterocycles. The second-order valence-electron chi connectivity index (χ2n) is 6.45. The fourth-order valence-corrected chi connectivity index (χ4v) is 4.55. The second-order valence-corrected chi connectivity index (χ2v) is 9.21. The maximum atomic E-state index is 12.7. The fraction of sp³-hybridized carbons (Fsp3) is 0.333. The summed E-state index contributed by atoms with van der Waals surface area (Å²) in [7, 11) is -3.28. The maximum absolute atomic E-state index is 12.7. The van der Waals surface area contributed by atoms with Crippen LogP contribution in [0.15, 0.2) is 41.1 Å². The maximum Gasteiger partial charge on any atom is 0.256 e. The lowest BCUT2D eigenvalue weighted by Gasteiger charge is -2.31. The molecule has 144 valence electrons. The first-order valence-corrected chi connectivity index (χ1v) is 11.3. The van der Waals surface area contributed by atoms with Crippen LogP contribution < -0.4 is 10.6 Å². The van der Waals surface area contributed by atoms with E-state index in [0.29, 0.717) is 36.2 Å². The molecule has 1 aliphatic heterocycles. The lowest BCUT2D eigenvalue weighted by molar-refractivity contribution is 0.0922. The molecule has 1 aliphatic rings. The number of rotatable bonds is 5. The predicted molar refractivity (Wildman–Crippen MR) is 106 cm³/mol. The van der Waals surface area contributed by atoms with Gasteiger partial charge in [0.15, 0.2) is 0 Å². The number of carbonyl (C=O) groups excluding carboxylic acids is 2. The molecule has 2 amide bonds. The standard InChI is InChI=1S/C18H21N3O4S2/c1-27(24,25)21-9-4-5-14(11-21)19-18(23)15-6-2-3-7-16(15)20-17(22)13-8-10-26-12-13/h2-3,6-8,10,12,14H,4-5,9,11H2,1H3,(H,19,23)(H,20,22). The fourth-order valence-electron chi connectivity index (χ4n) is 3.00. The first-order valence-electron chi connectivity index (χ1n) is 8.53. The number of nitrogens with one attached hydrogen (secondary N) is 2. The predicted octanol–water partition coefficient (Wildman–Crippen LogP) is 2.15. The van der Waals surface area contributed by atoms with Gasteiger partial charge in [0.2, 0.25) is 10.0 Å². The SMILES string of the molecule is CS(=O)(=O)N1CCCC(NC(=O)c2ccccc2NC(=O)c2ccsc2)C1. The zero-order valence-corrected chi connectivity index (χ0v) is 16.5. The van der Waals surface area contributed by atoms with Crippen LogP contribution in [-0.2, 0) is 10.0 Å². The van der Waals surface area contributed by atoms with Gasteiger partial charge in [-0.3, -0.25) is 9.59 Å². The third-order valence-corrected chi connectivity index (χ3v) is 6.34. The van der Waals surface area contributed by atoms with Gasteiger partial charge in [-0.25, -0.2) is 12.7 Å². The van der Waals surface area contributed by atoms with Crippen molar-refractivity contribution in [1.82, 2.24) is 9.62 Å². The summed E-state index contributed by atoms with van der Waals surface area (Å²) in [6.07, 6.45) is 2.57. The number of benzene rings is 1. The number of anilines is 1. The van der Waals surface area contributed by atoms with E-state index >= 15 is 0 Å². The molecule has 2 N–H and O–H groups in total. The summed E-state index contributed by atoms with van der Waals surface area (Å²) in [5.74, 6) is -0.617. The molecule has 0 saturated carbocycles. The molecule has 0 aliphatic carbocycles. The Morgan fingerprint density at radius 3 is 2.67 bits per heavy atom. The van der Waals surface area contributed by atoms with Crippen molar-refractivity contribution in [3.63, 3.8) is 0 Å². The van der Waals surface area contributed by atoms with Crippen molar-refractivity contribution < 1.29 is 18.0 Å². The number of sulfonamides is 1. The highest BCUT2D eigenvalue weighted by Crippen LogP contribution is 2.19. The first-order chi connectivity index (χ1) is 12.8. The minimum atomic E-state index is -3.28. The van der Waals surface area contributed by atoms with Crippen LogP contribution >= 0.6 is 11.3 Å². The molecule has 7 nitrogen and oxygen atoms in total. The number of piperidine rings is 1. The summed E-state index contributed by atoms with van der Waals surface area (Å²) >= 11 is 1.42. The first kappa shape index (κ1) is 19.5. The van der Waals surface area contributed by atoms with Crippen molar-refractivity contribution in [3.8, 4) is 0 Å². The number of carbonyl (C=O) groups is 2. The smallest absolute Gasteiger partial charge is 0.256 e. The Hall–Kier alpha value is -2.23. The lowest BCUT2D eigenvalue weighted by atomic mass is 10.1. The Balaban J connectivity index is 1.71. The molecule has 0 radical (unpaired) electrons. The average molecular weight is 408 g/mol. The quantitative estimate of drug-likeness (QED) is 0.794. The van der Waals surface area contributed by atoms with Crippen LogP contribution in [0.25, 0.3) is 0 Å². The van der Waals surface area contributed by atoms with Crippen molar-refractivity contribution in [3.05, 3.63) is 52.2 Å². The van der Waals surface area contributed by atoms with E-state index < -0.39 is 10.0 Å². The molecule has 1 fully saturated rings. The minimum Gasteiger partial charge on any atom is -0.348 e. The number of thiophene rings is 1. The summed E-state index contributed by atoms with van der Waals surface area (Å²) in [6.45, 7) is 0.729. The van der Waals surface area contributed by atoms with Crippen LogP contribution in [0.4, 0.5) is 5.69 Å². The Morgan fingerprint density at radius 1 is 1.19 bits per heavy atom. The molecule has 3 rings (SSSR count). The largest absolute Gasteiger partial charge is 0.348 e. The summed E-state index contributed by atoms with van der Waals surface area (Å²) in [4.78, 5) is 25.0. The van der Waals surface area contributed by atoms with Crippen molar-refractivity contribution >= 4 is 38.9 Å². The third kappa shape index (κ3) is 4.94. The number of nitrogens with zero attached hydrogens (tertiary/aromatic N) is 1. The number of amides is 2. The molecular formula is C18H21N3O4S2. The highest BCUT2D eigenvalue weighted by Gasteiger charge is 2.27. The van der Waals surface area contributed by atoms with Crippen LogP contribution in [0.3, 0.4) is 0 Å². The molecule has 0 bridgehead atoms. The van der Waals surface area contributed by atoms with E-state index in [1.165, 1.54) is 21.9 Å². The van der Waals surface area contributed by atoms with Crippen LogP contribution in [0, 0.1) is 0 Å². The van der Waals surface area contributed by atoms with Crippen LogP contribution in [0.5, 0.6) is 0 Å². The minimum absolute atomic E-state index is 0.258. The van der Waals surface area contributed by atoms with Gasteiger partial charge in [-0.05, 0) is 36.4 Å². The molecule has 9 heteroatoms. The normalized spacial score (nSPS) is 18.0. The summed E-state index contributed by atoms with van der Waals surface area (Å²) in [5.41, 5.74) is 1.30. The highest BCUT2D eigenvalue weighted by molar-refractivity contribution is 7.88. The Morgan fingerprint density at radius 2 is 1.96 bits per heavy atom. The van der Waals surface area contributed by atoms with Crippen LogP contribution in [0.2, 0.25) is 0 Å². The van der Waals surface area contributed by atoms with Gasteiger partial charge >= 0.3 is 0 Å². The van der Waals surface area contributed by atoms with E-state index in [0.717, 1.165) is 0 Å². The van der Waals surface area contributed by atoms with Gasteiger partial charge in [0.25, 0.3) is 11.8 Å². The van der Waals surface area contributed by atoms with Crippen molar-refractivity contribution in [2.24, 2.45) is 0 Å². The van der Waals surface area contributed by atoms with Crippen molar-refractivity contribution in [2.45, 2.75) is 18.9 Å². The Bertz CT molecular complexity index is 926. The van der Waals surface area contributed by atoms with E-state index in [4.69, 9.17) is 0 Å². The average Bonchev–Trinajstić information content (AvgIpc) is 3.16. The monoisotopic (exact) mass is 407 g/mol. The third-order valence-electron chi connectivity index (χ3n) is 4.39. The number of para-hydroxylation sites is 1. The molecule has 1 aromatic carbocycles. The van der Waals surface area contributed by atoms with E-state index in [1.807, 2.05) is 5.38 Å². The van der Waals surface area contributed by atoms with Crippen LogP contribution in [-0.4, -0.2) is 49.9 Å². The molecule has 1 saturated heterocycles. The molecule has 27 heavy (non-hydrogen) atoms. The molecule has 1 atom stereocenters. The van der Waals surface area contributed by atoms with Crippen molar-refractivity contribution in [1.29, 1.82) is 0 Å². The second kappa shape index (κ2) is 8.20. The Labute approximate surface area is 162 Å². The number of hydrogen-bond donors (Lipinski definition) is 2. The number of hydrogen-bond acceptors (Lipinski definition) is 5. The topological polar surface area (TPSA) is 95.6 Å². The van der Waals surface area contributed by atoms with Gasteiger partial charge < -0.3 is 10.6 Å². The molecule has 1 aromatic heterocycles. The molecule has 0 spiro atoms. The Kier molecular flexibility index (Phi) is 5.93. The van der Waals surface area contributed by atoms with Gasteiger partial charge in [0.1, 0.15) is 0 Å². The molecule has 1 unspecified atom stereocenters. The van der Waals surface area contributed by atoms with Gasteiger partial charge in [0.05, 0.1) is 23.1 Å². The van der Waals surface area contributed by atoms with Gasteiger partial charge in [-0.2, -0.15) is 11.3 Å². The summed E-state index contributed by atoms with van der Waals surface area (Å²) in [5, 5.41) is 9.20. The van der Waals surface area contributed by atoms with E-state index in [1.54, 1.807) is 35.7 Å². The summed E-state index contributed by atoms with van der Waals surface area (Å²) < 4.78 is 24.9. The van der Waals surface area contributed by atoms with Gasteiger partial charge in [-0.15, -0.1) is 0 Å². The zero-order chi connectivity index (χ0) is 19.4. The zero-order valence-electron chi connectivity index (χ0n) is 14.8. The molecular weight excluding hydrogens is 386 g/mol. The van der Waals surface area contributed by atoms with Crippen LogP contribution in [0.1, 0.15) is 33.6 Å². The highest BCUT2D eigenvalue weighted by atomic mass is 32.2. The van der Waals surface area contributed by atoms with E-state index in [9.17, 15) is 18.0 Å². The van der Waals surface area contributed by atoms with Crippen molar-refractivity contribution in [2.75, 3.05) is 24.7 Å².